The molecule has 1 N–H and O–H groups in total. The fourth-order valence-electron chi connectivity index (χ4n) is 2.28. The topological polar surface area (TPSA) is 55.1 Å². The van der Waals surface area contributed by atoms with E-state index >= 15 is 0 Å². The van der Waals surface area contributed by atoms with Crippen LogP contribution in [0.3, 0.4) is 0 Å². The van der Waals surface area contributed by atoms with Crippen molar-refractivity contribution in [1.82, 2.24) is 5.16 Å². The molecule has 0 saturated carbocycles. The van der Waals surface area contributed by atoms with Gasteiger partial charge in [0.2, 0.25) is 11.8 Å². The average molecular weight is 392 g/mol. The summed E-state index contributed by atoms with van der Waals surface area (Å²) < 4.78 is 43.2. The largest absolute Gasteiger partial charge is 0.416 e. The summed E-state index contributed by atoms with van der Waals surface area (Å²) in [5.74, 6) is -0.272. The van der Waals surface area contributed by atoms with Crippen molar-refractivity contribution in [3.8, 4) is 11.3 Å². The van der Waals surface area contributed by atoms with Gasteiger partial charge in [-0.25, -0.2) is 0 Å². The van der Waals surface area contributed by atoms with Gasteiger partial charge in [0.15, 0.2) is 0 Å². The maximum Gasteiger partial charge on any atom is 0.416 e. The molecule has 140 valence electrons. The van der Waals surface area contributed by atoms with Crippen LogP contribution in [0.5, 0.6) is 0 Å². The molecule has 0 bridgehead atoms. The summed E-state index contributed by atoms with van der Waals surface area (Å²) in [5, 5.41) is 6.45. The van der Waals surface area contributed by atoms with Crippen LogP contribution in [0, 0.1) is 6.92 Å². The number of anilines is 1. The highest BCUT2D eigenvalue weighted by Gasteiger charge is 2.30. The van der Waals surface area contributed by atoms with Crippen molar-refractivity contribution in [3.63, 3.8) is 0 Å². The van der Waals surface area contributed by atoms with Crippen LogP contribution < -0.4 is 5.32 Å². The molecule has 1 heterocycles. The number of nitrogens with one attached hydrogen (secondary N) is 1. The van der Waals surface area contributed by atoms with Crippen molar-refractivity contribution < 1.29 is 22.5 Å². The van der Waals surface area contributed by atoms with Crippen molar-refractivity contribution in [2.24, 2.45) is 0 Å². The van der Waals surface area contributed by atoms with E-state index in [1.807, 2.05) is 31.2 Å². The molecule has 0 radical (unpaired) electrons. The number of hydrogen-bond acceptors (Lipinski definition) is 4. The Morgan fingerprint density at radius 1 is 1.15 bits per heavy atom. The van der Waals surface area contributed by atoms with E-state index in [2.05, 4.69) is 10.5 Å². The van der Waals surface area contributed by atoms with Gasteiger partial charge in [-0.15, -0.1) is 11.8 Å². The molecule has 0 atom stereocenters. The minimum atomic E-state index is -4.41. The molecule has 0 aliphatic rings. The second-order valence-corrected chi connectivity index (χ2v) is 6.85. The third-order valence-electron chi connectivity index (χ3n) is 3.65. The lowest BCUT2D eigenvalue weighted by atomic mass is 10.1. The number of hydrogen-bond donors (Lipinski definition) is 1. The van der Waals surface area contributed by atoms with E-state index in [4.69, 9.17) is 4.52 Å². The SMILES string of the molecule is Cc1ccc(-c2cc(NC(=O)CSc3cccc(C(F)(F)F)c3)on2)cc1. The van der Waals surface area contributed by atoms with Crippen LogP contribution in [0.2, 0.25) is 0 Å². The zero-order chi connectivity index (χ0) is 19.4. The Bertz CT molecular complexity index is 937. The highest BCUT2D eigenvalue weighted by atomic mass is 32.2. The first-order valence-electron chi connectivity index (χ1n) is 7.95. The molecule has 3 aromatic rings. The zero-order valence-corrected chi connectivity index (χ0v) is 15.0. The molecule has 0 spiro atoms. The van der Waals surface area contributed by atoms with Crippen molar-refractivity contribution in [2.45, 2.75) is 18.0 Å². The Hall–Kier alpha value is -2.74. The Morgan fingerprint density at radius 2 is 1.89 bits per heavy atom. The number of aromatic nitrogens is 1. The first-order valence-corrected chi connectivity index (χ1v) is 8.93. The van der Waals surface area contributed by atoms with E-state index in [-0.39, 0.29) is 11.6 Å². The number of thioether (sulfide) groups is 1. The van der Waals surface area contributed by atoms with Gasteiger partial charge < -0.3 is 4.52 Å². The number of halogens is 3. The van der Waals surface area contributed by atoms with Crippen LogP contribution in [0.4, 0.5) is 19.1 Å². The van der Waals surface area contributed by atoms with E-state index in [0.717, 1.165) is 35.0 Å². The lowest BCUT2D eigenvalue weighted by molar-refractivity contribution is -0.137. The van der Waals surface area contributed by atoms with Gasteiger partial charge in [0, 0.05) is 16.5 Å². The molecule has 0 fully saturated rings. The average Bonchev–Trinajstić information content (AvgIpc) is 3.08. The van der Waals surface area contributed by atoms with E-state index in [1.54, 1.807) is 6.07 Å². The normalized spacial score (nSPS) is 11.4. The standard InChI is InChI=1S/C19H15F3N2O2S/c1-12-5-7-13(8-6-12)16-10-18(26-24-16)23-17(25)11-27-15-4-2-3-14(9-15)19(20,21)22/h2-10H,11H2,1H3,(H,23,25). The molecule has 2 aromatic carbocycles. The molecule has 1 aromatic heterocycles. The highest BCUT2D eigenvalue weighted by Crippen LogP contribution is 2.32. The molecule has 4 nitrogen and oxygen atoms in total. The predicted octanol–water partition coefficient (Wildman–Crippen LogP) is 5.40. The third kappa shape index (κ3) is 5.13. The van der Waals surface area contributed by atoms with Crippen LogP contribution in [0.15, 0.2) is 64.0 Å². The number of alkyl halides is 3. The maximum atomic E-state index is 12.7. The number of carbonyl (C=O) groups is 1. The number of rotatable bonds is 5. The summed E-state index contributed by atoms with van der Waals surface area (Å²) in [6.07, 6.45) is -4.41. The van der Waals surface area contributed by atoms with Gasteiger partial charge in [0.25, 0.3) is 0 Å². The number of carbonyl (C=O) groups excluding carboxylic acids is 1. The molecule has 27 heavy (non-hydrogen) atoms. The monoisotopic (exact) mass is 392 g/mol. The summed E-state index contributed by atoms with van der Waals surface area (Å²) in [6.45, 7) is 1.97. The lowest BCUT2D eigenvalue weighted by Gasteiger charge is -2.08. The van der Waals surface area contributed by atoms with Crippen LogP contribution >= 0.6 is 11.8 Å². The van der Waals surface area contributed by atoms with Gasteiger partial charge in [-0.1, -0.05) is 41.1 Å². The first-order chi connectivity index (χ1) is 12.8. The van der Waals surface area contributed by atoms with Crippen LogP contribution in [0.1, 0.15) is 11.1 Å². The Kier molecular flexibility index (Phi) is 5.55. The Morgan fingerprint density at radius 3 is 2.59 bits per heavy atom. The molecular weight excluding hydrogens is 377 g/mol. The molecular formula is C19H15F3N2O2S. The summed E-state index contributed by atoms with van der Waals surface area (Å²) in [5.41, 5.74) is 1.80. The molecule has 1 amide bonds. The lowest BCUT2D eigenvalue weighted by Crippen LogP contribution is -2.13. The van der Waals surface area contributed by atoms with Crippen molar-refractivity contribution >= 4 is 23.6 Å². The maximum absolute atomic E-state index is 12.7. The summed E-state index contributed by atoms with van der Waals surface area (Å²) in [7, 11) is 0. The molecule has 3 rings (SSSR count). The van der Waals surface area contributed by atoms with Gasteiger partial charge >= 0.3 is 6.18 Å². The first kappa shape index (κ1) is 19.0. The van der Waals surface area contributed by atoms with Gasteiger partial charge in [0.1, 0.15) is 5.69 Å². The van der Waals surface area contributed by atoms with E-state index in [0.29, 0.717) is 10.6 Å². The summed E-state index contributed by atoms with van der Waals surface area (Å²) >= 11 is 1.01. The zero-order valence-electron chi connectivity index (χ0n) is 14.2. The Balaban J connectivity index is 1.58. The smallest absolute Gasteiger partial charge is 0.338 e. The number of benzene rings is 2. The van der Waals surface area contributed by atoms with E-state index < -0.39 is 17.6 Å². The van der Waals surface area contributed by atoms with E-state index in [9.17, 15) is 18.0 Å². The van der Waals surface area contributed by atoms with Crippen molar-refractivity contribution in [1.29, 1.82) is 0 Å². The van der Waals surface area contributed by atoms with Crippen molar-refractivity contribution in [2.75, 3.05) is 11.1 Å². The van der Waals surface area contributed by atoms with Crippen molar-refractivity contribution in [3.05, 3.63) is 65.7 Å². The van der Waals surface area contributed by atoms with Gasteiger partial charge in [-0.3, -0.25) is 10.1 Å². The minimum Gasteiger partial charge on any atom is -0.338 e. The molecule has 0 unspecified atom stereocenters. The van der Waals surface area contributed by atoms with Gasteiger partial charge in [0.05, 0.1) is 11.3 Å². The number of aryl methyl sites for hydroxylation is 1. The number of amides is 1. The van der Waals surface area contributed by atoms with Crippen LogP contribution in [-0.2, 0) is 11.0 Å². The van der Waals surface area contributed by atoms with Gasteiger partial charge in [-0.05, 0) is 25.1 Å². The fourth-order valence-corrected chi connectivity index (χ4v) is 3.03. The molecule has 0 aliphatic heterocycles. The second-order valence-electron chi connectivity index (χ2n) is 5.80. The van der Waals surface area contributed by atoms with Gasteiger partial charge in [-0.2, -0.15) is 13.2 Å². The molecule has 0 aliphatic carbocycles. The molecule has 0 saturated heterocycles. The predicted molar refractivity (Wildman–Crippen MR) is 97.5 cm³/mol. The number of nitrogens with zero attached hydrogens (tertiary/aromatic N) is 1. The third-order valence-corrected chi connectivity index (χ3v) is 4.65. The second kappa shape index (κ2) is 7.87. The fraction of sp³-hybridized carbons (Fsp3) is 0.158. The summed E-state index contributed by atoms with van der Waals surface area (Å²) in [4.78, 5) is 12.4. The minimum absolute atomic E-state index is 0.0537. The quantitative estimate of drug-likeness (QED) is 0.591. The molecule has 8 heteroatoms. The van der Waals surface area contributed by atoms with Crippen LogP contribution in [-0.4, -0.2) is 16.8 Å². The van der Waals surface area contributed by atoms with Crippen LogP contribution in [0.25, 0.3) is 11.3 Å². The summed E-state index contributed by atoms with van der Waals surface area (Å²) in [6, 6.07) is 14.1. The highest BCUT2D eigenvalue weighted by molar-refractivity contribution is 8.00. The van der Waals surface area contributed by atoms with E-state index in [1.165, 1.54) is 12.1 Å². The Labute approximate surface area is 157 Å².